The van der Waals surface area contributed by atoms with Gasteiger partial charge in [-0.05, 0) is 0 Å². The number of nitrogens with zero attached hydrogens (tertiary/aromatic N) is 2. The lowest BCUT2D eigenvalue weighted by atomic mass is 9.93. The highest BCUT2D eigenvalue weighted by Gasteiger charge is 2.26. The van der Waals surface area contributed by atoms with E-state index in [0.29, 0.717) is 0 Å². The van der Waals surface area contributed by atoms with Gasteiger partial charge in [0, 0.05) is 10.8 Å². The number of thiazole rings is 1. The van der Waals surface area contributed by atoms with E-state index in [0.717, 1.165) is 23.2 Å². The van der Waals surface area contributed by atoms with Crippen molar-refractivity contribution in [1.82, 2.24) is 15.2 Å². The molecule has 0 saturated heterocycles. The van der Waals surface area contributed by atoms with Gasteiger partial charge in [0.2, 0.25) is 0 Å². The van der Waals surface area contributed by atoms with E-state index >= 15 is 0 Å². The third kappa shape index (κ3) is 3.22. The number of aromatic carboxylic acids is 1. The Bertz CT molecular complexity index is 770. The summed E-state index contributed by atoms with van der Waals surface area (Å²) >= 11 is 1.13. The third-order valence-electron chi connectivity index (χ3n) is 2.60. The van der Waals surface area contributed by atoms with E-state index in [1.165, 1.54) is 0 Å². The highest BCUT2D eigenvalue weighted by molar-refractivity contribution is 7.92. The number of H-pyrrole nitrogens is 1. The number of hydrogen-bond donors (Lipinski definition) is 3. The van der Waals surface area contributed by atoms with E-state index < -0.39 is 26.6 Å². The summed E-state index contributed by atoms with van der Waals surface area (Å²) in [5, 5.41) is 16.0. The van der Waals surface area contributed by atoms with Crippen molar-refractivity contribution in [2.45, 2.75) is 31.2 Å². The first-order valence-electron chi connectivity index (χ1n) is 5.87. The maximum absolute atomic E-state index is 12.2. The molecule has 0 aliphatic heterocycles. The Morgan fingerprint density at radius 2 is 2.10 bits per heavy atom. The van der Waals surface area contributed by atoms with Gasteiger partial charge in [0.1, 0.15) is 5.56 Å². The van der Waals surface area contributed by atoms with Crippen molar-refractivity contribution in [3.8, 4) is 0 Å². The van der Waals surface area contributed by atoms with Crippen LogP contribution < -0.4 is 4.72 Å². The van der Waals surface area contributed by atoms with Crippen LogP contribution in [0.15, 0.2) is 16.6 Å². The summed E-state index contributed by atoms with van der Waals surface area (Å²) in [6, 6.07) is 0. The van der Waals surface area contributed by atoms with Gasteiger partial charge in [-0.2, -0.15) is 13.5 Å². The predicted molar refractivity (Wildman–Crippen MR) is 77.2 cm³/mol. The third-order valence-corrected chi connectivity index (χ3v) is 4.80. The van der Waals surface area contributed by atoms with Crippen molar-refractivity contribution in [2.75, 3.05) is 4.72 Å². The van der Waals surface area contributed by atoms with Crippen molar-refractivity contribution in [1.29, 1.82) is 0 Å². The molecule has 0 unspecified atom stereocenters. The number of nitrogens with one attached hydrogen (secondary N) is 2. The van der Waals surface area contributed by atoms with Gasteiger partial charge in [-0.25, -0.2) is 9.78 Å². The molecule has 2 aromatic heterocycles. The Morgan fingerprint density at radius 3 is 2.62 bits per heavy atom. The van der Waals surface area contributed by atoms with Gasteiger partial charge in [0.25, 0.3) is 10.0 Å². The minimum Gasteiger partial charge on any atom is -0.478 e. The van der Waals surface area contributed by atoms with Gasteiger partial charge in [-0.1, -0.05) is 20.8 Å². The molecule has 114 valence electrons. The second-order valence-electron chi connectivity index (χ2n) is 5.31. The van der Waals surface area contributed by atoms with Crippen LogP contribution >= 0.6 is 11.3 Å². The molecule has 21 heavy (non-hydrogen) atoms. The normalized spacial score (nSPS) is 12.3. The van der Waals surface area contributed by atoms with Gasteiger partial charge in [-0.15, -0.1) is 11.3 Å². The van der Waals surface area contributed by atoms with E-state index in [1.807, 2.05) is 20.8 Å². The molecule has 0 spiro atoms. The van der Waals surface area contributed by atoms with Crippen LogP contribution in [0.5, 0.6) is 0 Å². The van der Waals surface area contributed by atoms with Gasteiger partial charge >= 0.3 is 5.97 Å². The number of carboxylic acid groups (broad SMARTS) is 1. The first kappa shape index (κ1) is 15.4. The average molecular weight is 330 g/mol. The molecule has 2 aromatic rings. The predicted octanol–water partition coefficient (Wildman–Crippen LogP) is 1.66. The number of aromatic amines is 1. The topological polar surface area (TPSA) is 125 Å². The lowest BCUT2D eigenvalue weighted by Crippen LogP contribution is -2.17. The van der Waals surface area contributed by atoms with Crippen molar-refractivity contribution < 1.29 is 18.3 Å². The summed E-state index contributed by atoms with van der Waals surface area (Å²) in [6.45, 7) is 5.87. The smallest absolute Gasteiger partial charge is 0.340 e. The molecular weight excluding hydrogens is 316 g/mol. The van der Waals surface area contributed by atoms with Crippen molar-refractivity contribution >= 4 is 32.5 Å². The fourth-order valence-corrected chi connectivity index (χ4v) is 3.74. The average Bonchev–Trinajstić information content (AvgIpc) is 2.93. The van der Waals surface area contributed by atoms with Crippen molar-refractivity contribution in [2.24, 2.45) is 0 Å². The molecule has 10 heteroatoms. The summed E-state index contributed by atoms with van der Waals surface area (Å²) in [4.78, 5) is 15.1. The fourth-order valence-electron chi connectivity index (χ4n) is 1.46. The minimum absolute atomic E-state index is 0.172. The van der Waals surface area contributed by atoms with E-state index in [2.05, 4.69) is 19.9 Å². The van der Waals surface area contributed by atoms with E-state index in [1.54, 1.807) is 5.38 Å². The molecule has 3 N–H and O–H groups in total. The summed E-state index contributed by atoms with van der Waals surface area (Å²) in [7, 11) is -4.08. The van der Waals surface area contributed by atoms with E-state index in [4.69, 9.17) is 5.11 Å². The van der Waals surface area contributed by atoms with Crippen LogP contribution in [0.1, 0.15) is 36.8 Å². The molecule has 8 nitrogen and oxygen atoms in total. The van der Waals surface area contributed by atoms with Crippen LogP contribution in [-0.4, -0.2) is 34.7 Å². The lowest BCUT2D eigenvalue weighted by molar-refractivity contribution is 0.0692. The zero-order valence-electron chi connectivity index (χ0n) is 11.5. The van der Waals surface area contributed by atoms with E-state index in [-0.39, 0.29) is 10.5 Å². The highest BCUT2D eigenvalue weighted by atomic mass is 32.2. The zero-order chi connectivity index (χ0) is 15.8. The van der Waals surface area contributed by atoms with Gasteiger partial charge in [0.15, 0.2) is 10.2 Å². The number of carboxylic acids is 1. The van der Waals surface area contributed by atoms with Crippen LogP contribution in [0.4, 0.5) is 5.13 Å². The van der Waals surface area contributed by atoms with Crippen molar-refractivity contribution in [3.63, 3.8) is 0 Å². The van der Waals surface area contributed by atoms with Crippen LogP contribution in [0.2, 0.25) is 0 Å². The summed E-state index contributed by atoms with van der Waals surface area (Å²) in [6.07, 6.45) is 0.944. The number of sulfonamides is 1. The Morgan fingerprint density at radius 1 is 1.43 bits per heavy atom. The first-order valence-corrected chi connectivity index (χ1v) is 8.23. The monoisotopic (exact) mass is 330 g/mol. The summed E-state index contributed by atoms with van der Waals surface area (Å²) in [5.41, 5.74) is 0.115. The van der Waals surface area contributed by atoms with Gasteiger partial charge in [0.05, 0.1) is 11.9 Å². The zero-order valence-corrected chi connectivity index (χ0v) is 13.2. The summed E-state index contributed by atoms with van der Waals surface area (Å²) < 4.78 is 26.6. The molecule has 0 aliphatic rings. The quantitative estimate of drug-likeness (QED) is 0.783. The van der Waals surface area contributed by atoms with E-state index in [9.17, 15) is 13.2 Å². The molecule has 0 radical (unpaired) electrons. The molecular formula is C11H14N4O4S2. The maximum Gasteiger partial charge on any atom is 0.340 e. The number of rotatable bonds is 4. The Hall–Kier alpha value is -1.94. The SMILES string of the molecule is CC(C)(C)c1csc(NS(=O)(=O)c2[nH]ncc2C(=O)O)n1. The molecule has 0 atom stereocenters. The largest absolute Gasteiger partial charge is 0.478 e. The second-order valence-corrected chi connectivity index (χ2v) is 7.79. The highest BCUT2D eigenvalue weighted by Crippen LogP contribution is 2.27. The number of hydrogen-bond acceptors (Lipinski definition) is 6. The van der Waals surface area contributed by atoms with Crippen LogP contribution in [0, 0.1) is 0 Å². The minimum atomic E-state index is -4.08. The van der Waals surface area contributed by atoms with Crippen LogP contribution in [0.25, 0.3) is 0 Å². The number of carbonyl (C=O) groups is 1. The second kappa shape index (κ2) is 5.11. The molecule has 2 heterocycles. The number of anilines is 1. The Balaban J connectivity index is 2.32. The molecule has 0 aliphatic carbocycles. The number of aromatic nitrogens is 3. The molecule has 2 rings (SSSR count). The van der Waals surface area contributed by atoms with Crippen molar-refractivity contribution in [3.05, 3.63) is 22.8 Å². The first-order chi connectivity index (χ1) is 9.61. The van der Waals surface area contributed by atoms with Gasteiger partial charge in [-0.3, -0.25) is 9.82 Å². The fraction of sp³-hybridized carbons (Fsp3) is 0.364. The molecule has 0 amide bonds. The molecule has 0 fully saturated rings. The Labute approximate surface area is 125 Å². The molecule has 0 bridgehead atoms. The lowest BCUT2D eigenvalue weighted by Gasteiger charge is -2.14. The summed E-state index contributed by atoms with van der Waals surface area (Å²) in [5.74, 6) is -1.38. The maximum atomic E-state index is 12.2. The standard InChI is InChI=1S/C11H14N4O4S2/c1-11(2,3)7-5-20-10(13-7)15-21(18,19)8-6(9(16)17)4-12-14-8/h4-5H,1-3H3,(H,12,14)(H,13,15)(H,16,17). The molecule has 0 aromatic carbocycles. The van der Waals surface area contributed by atoms with Crippen LogP contribution in [0.3, 0.4) is 0 Å². The molecule has 0 saturated carbocycles. The van der Waals surface area contributed by atoms with Gasteiger partial charge < -0.3 is 5.11 Å². The van der Waals surface area contributed by atoms with Crippen LogP contribution in [-0.2, 0) is 15.4 Å². The Kier molecular flexibility index (Phi) is 3.76.